The molecule has 3 N–H and O–H groups in total. The number of hydrogen-bond donors (Lipinski definition) is 2. The van der Waals surface area contributed by atoms with Crippen molar-refractivity contribution in [1.82, 2.24) is 5.43 Å². The van der Waals surface area contributed by atoms with Crippen LogP contribution in [0.4, 0.5) is 0 Å². The maximum Gasteiger partial charge on any atom is 0.120 e. The van der Waals surface area contributed by atoms with E-state index in [1.807, 2.05) is 6.07 Å². The van der Waals surface area contributed by atoms with Gasteiger partial charge >= 0.3 is 0 Å². The van der Waals surface area contributed by atoms with Crippen LogP contribution >= 0.6 is 0 Å². The lowest BCUT2D eigenvalue weighted by atomic mass is 9.87. The Morgan fingerprint density at radius 3 is 2.45 bits per heavy atom. The quantitative estimate of drug-likeness (QED) is 0.486. The van der Waals surface area contributed by atoms with Crippen molar-refractivity contribution in [3.05, 3.63) is 29.8 Å². The van der Waals surface area contributed by atoms with Crippen LogP contribution in [0.25, 0.3) is 0 Å². The van der Waals surface area contributed by atoms with E-state index in [9.17, 15) is 0 Å². The molecule has 1 saturated carbocycles. The topological polar surface area (TPSA) is 47.3 Å². The molecule has 2 rings (SSSR count). The molecule has 20 heavy (non-hydrogen) atoms. The fourth-order valence-electron chi connectivity index (χ4n) is 3.20. The van der Waals surface area contributed by atoms with E-state index in [1.165, 1.54) is 44.1 Å². The molecule has 112 valence electrons. The summed E-state index contributed by atoms with van der Waals surface area (Å²) in [5.74, 6) is 7.42. The number of rotatable bonds is 5. The molecule has 1 aromatic rings. The van der Waals surface area contributed by atoms with Gasteiger partial charge in [-0.3, -0.25) is 11.3 Å². The van der Waals surface area contributed by atoms with E-state index < -0.39 is 0 Å². The van der Waals surface area contributed by atoms with E-state index in [0.29, 0.717) is 5.92 Å². The van der Waals surface area contributed by atoms with Gasteiger partial charge in [-0.15, -0.1) is 0 Å². The third kappa shape index (κ3) is 4.22. The summed E-state index contributed by atoms with van der Waals surface area (Å²) in [6.45, 7) is 4.10. The molecule has 1 aliphatic rings. The van der Waals surface area contributed by atoms with Gasteiger partial charge in [-0.05, 0) is 50.3 Å². The molecule has 0 amide bonds. The molecular weight excluding hydrogens is 248 g/mol. The second-order valence-corrected chi connectivity index (χ2v) is 6.14. The Balaban J connectivity index is 2.13. The van der Waals surface area contributed by atoms with Crippen LogP contribution < -0.4 is 16.0 Å². The van der Waals surface area contributed by atoms with Gasteiger partial charge in [0.15, 0.2) is 0 Å². The molecule has 0 aromatic heterocycles. The molecule has 1 aliphatic carbocycles. The monoisotopic (exact) mass is 276 g/mol. The van der Waals surface area contributed by atoms with Gasteiger partial charge < -0.3 is 4.74 Å². The fraction of sp³-hybridized carbons (Fsp3) is 0.647. The molecule has 0 radical (unpaired) electrons. The zero-order valence-corrected chi connectivity index (χ0v) is 12.8. The molecule has 1 unspecified atom stereocenters. The molecule has 1 aromatic carbocycles. The summed E-state index contributed by atoms with van der Waals surface area (Å²) in [7, 11) is 0. The maximum absolute atomic E-state index is 5.85. The second-order valence-electron chi connectivity index (χ2n) is 6.14. The van der Waals surface area contributed by atoms with Crippen molar-refractivity contribution in [3.63, 3.8) is 0 Å². The Hall–Kier alpha value is -1.06. The van der Waals surface area contributed by atoms with Crippen molar-refractivity contribution < 1.29 is 4.74 Å². The van der Waals surface area contributed by atoms with Crippen LogP contribution in [0.1, 0.15) is 64.0 Å². The van der Waals surface area contributed by atoms with Crippen molar-refractivity contribution in [2.24, 2.45) is 11.8 Å². The van der Waals surface area contributed by atoms with E-state index in [2.05, 4.69) is 37.5 Å². The van der Waals surface area contributed by atoms with Gasteiger partial charge in [0, 0.05) is 6.04 Å². The summed E-state index contributed by atoms with van der Waals surface area (Å²) in [6.07, 6.45) is 8.12. The molecule has 0 saturated heterocycles. The van der Waals surface area contributed by atoms with Crippen LogP contribution in [0.3, 0.4) is 0 Å². The van der Waals surface area contributed by atoms with Crippen LogP contribution in [-0.4, -0.2) is 6.10 Å². The number of benzene rings is 1. The molecule has 3 heteroatoms. The predicted molar refractivity (Wildman–Crippen MR) is 83.5 cm³/mol. The van der Waals surface area contributed by atoms with E-state index in [1.54, 1.807) is 0 Å². The first-order valence-electron chi connectivity index (χ1n) is 7.93. The minimum absolute atomic E-state index is 0.201. The predicted octanol–water partition coefficient (Wildman–Crippen LogP) is 3.95. The van der Waals surface area contributed by atoms with Gasteiger partial charge in [0.2, 0.25) is 0 Å². The first kappa shape index (κ1) is 15.3. The summed E-state index contributed by atoms with van der Waals surface area (Å²) < 4.78 is 5.79. The number of nitrogens with two attached hydrogens (primary N) is 1. The van der Waals surface area contributed by atoms with Gasteiger partial charge in [0.25, 0.3) is 0 Å². The SMILES string of the molecule is CC(C)Oc1cccc(C(NN)C2CCCCCC2)c1. The fourth-order valence-corrected chi connectivity index (χ4v) is 3.20. The Morgan fingerprint density at radius 1 is 1.15 bits per heavy atom. The second kappa shape index (κ2) is 7.65. The lowest BCUT2D eigenvalue weighted by Crippen LogP contribution is -2.33. The van der Waals surface area contributed by atoms with Crippen LogP contribution in [0, 0.1) is 5.92 Å². The highest BCUT2D eigenvalue weighted by molar-refractivity contribution is 5.31. The average molecular weight is 276 g/mol. The Kier molecular flexibility index (Phi) is 5.86. The summed E-state index contributed by atoms with van der Waals surface area (Å²) in [4.78, 5) is 0. The van der Waals surface area contributed by atoms with Crippen LogP contribution in [0.15, 0.2) is 24.3 Å². The van der Waals surface area contributed by atoms with Gasteiger partial charge in [0.1, 0.15) is 5.75 Å². The highest BCUT2D eigenvalue weighted by atomic mass is 16.5. The molecular formula is C17H28N2O. The highest BCUT2D eigenvalue weighted by Gasteiger charge is 2.23. The molecule has 0 spiro atoms. The van der Waals surface area contributed by atoms with Gasteiger partial charge in [-0.25, -0.2) is 0 Å². The Bertz CT molecular complexity index is 398. The zero-order valence-electron chi connectivity index (χ0n) is 12.8. The van der Waals surface area contributed by atoms with Crippen LogP contribution in [0.5, 0.6) is 5.75 Å². The number of ether oxygens (including phenoxy) is 1. The number of hydrogen-bond acceptors (Lipinski definition) is 3. The van der Waals surface area contributed by atoms with Crippen molar-refractivity contribution >= 4 is 0 Å². The molecule has 0 aliphatic heterocycles. The van der Waals surface area contributed by atoms with E-state index >= 15 is 0 Å². The number of nitrogens with one attached hydrogen (secondary N) is 1. The third-order valence-electron chi connectivity index (χ3n) is 4.14. The Morgan fingerprint density at radius 2 is 1.85 bits per heavy atom. The molecule has 0 heterocycles. The lowest BCUT2D eigenvalue weighted by Gasteiger charge is -2.26. The van der Waals surface area contributed by atoms with Gasteiger partial charge in [-0.2, -0.15) is 0 Å². The van der Waals surface area contributed by atoms with Gasteiger partial charge in [0.05, 0.1) is 6.10 Å². The zero-order chi connectivity index (χ0) is 14.4. The van der Waals surface area contributed by atoms with E-state index in [-0.39, 0.29) is 12.1 Å². The summed E-state index contributed by atoms with van der Waals surface area (Å²) in [6, 6.07) is 8.61. The van der Waals surface area contributed by atoms with E-state index in [0.717, 1.165) is 5.75 Å². The molecule has 3 nitrogen and oxygen atoms in total. The minimum atomic E-state index is 0.201. The standard InChI is InChI=1S/C17H28N2O/c1-13(2)20-16-11-7-10-15(12-16)17(19-18)14-8-5-3-4-6-9-14/h7,10-14,17,19H,3-6,8-9,18H2,1-2H3. The van der Waals surface area contributed by atoms with E-state index in [4.69, 9.17) is 10.6 Å². The molecule has 1 fully saturated rings. The van der Waals surface area contributed by atoms with Gasteiger partial charge in [-0.1, -0.05) is 37.8 Å². The van der Waals surface area contributed by atoms with Crippen LogP contribution in [0.2, 0.25) is 0 Å². The van der Waals surface area contributed by atoms with Crippen LogP contribution in [-0.2, 0) is 0 Å². The largest absolute Gasteiger partial charge is 0.491 e. The molecule has 0 bridgehead atoms. The summed E-state index contributed by atoms with van der Waals surface area (Å²) in [5, 5.41) is 0. The Labute approximate surface area is 122 Å². The maximum atomic E-state index is 5.85. The normalized spacial score (nSPS) is 18.8. The summed E-state index contributed by atoms with van der Waals surface area (Å²) >= 11 is 0. The first-order chi connectivity index (χ1) is 9.70. The first-order valence-corrected chi connectivity index (χ1v) is 7.93. The number of hydrazine groups is 1. The average Bonchev–Trinajstić information content (AvgIpc) is 2.68. The van der Waals surface area contributed by atoms with Crippen molar-refractivity contribution in [3.8, 4) is 5.75 Å². The van der Waals surface area contributed by atoms with Crippen molar-refractivity contribution in [2.75, 3.05) is 0 Å². The summed E-state index contributed by atoms with van der Waals surface area (Å²) in [5.41, 5.74) is 4.29. The minimum Gasteiger partial charge on any atom is -0.491 e. The smallest absolute Gasteiger partial charge is 0.120 e. The van der Waals surface area contributed by atoms with Crippen molar-refractivity contribution in [1.29, 1.82) is 0 Å². The third-order valence-corrected chi connectivity index (χ3v) is 4.14. The van der Waals surface area contributed by atoms with Crippen molar-refractivity contribution in [2.45, 2.75) is 64.5 Å². The highest BCUT2D eigenvalue weighted by Crippen LogP contribution is 2.34. The lowest BCUT2D eigenvalue weighted by molar-refractivity contribution is 0.241. The molecule has 1 atom stereocenters.